The Morgan fingerprint density at radius 3 is 2.48 bits per heavy atom. The number of rotatable bonds is 5. The number of benzene rings is 2. The number of thiocarbonyl (C=S) groups is 1. The van der Waals surface area contributed by atoms with Gasteiger partial charge in [-0.3, -0.25) is 0 Å². The summed E-state index contributed by atoms with van der Waals surface area (Å²) in [6.07, 6.45) is 0. The molecule has 0 spiro atoms. The van der Waals surface area contributed by atoms with E-state index in [1.54, 1.807) is 7.11 Å². The van der Waals surface area contributed by atoms with E-state index in [2.05, 4.69) is 55.7 Å². The van der Waals surface area contributed by atoms with Gasteiger partial charge in [0.15, 0.2) is 5.11 Å². The third-order valence-electron chi connectivity index (χ3n) is 3.80. The molecule has 0 aliphatic rings. The first-order valence-corrected chi connectivity index (χ1v) is 8.19. The first kappa shape index (κ1) is 17.3. The maximum atomic E-state index is 5.49. The van der Waals surface area contributed by atoms with E-state index in [4.69, 9.17) is 17.0 Å². The topological polar surface area (TPSA) is 33.3 Å². The van der Waals surface area contributed by atoms with Crippen LogP contribution in [-0.4, -0.2) is 12.2 Å². The van der Waals surface area contributed by atoms with Crippen molar-refractivity contribution in [3.8, 4) is 5.75 Å². The van der Waals surface area contributed by atoms with Gasteiger partial charge in [0, 0.05) is 11.8 Å². The Kier molecular flexibility index (Phi) is 5.99. The first-order valence-electron chi connectivity index (χ1n) is 7.78. The van der Waals surface area contributed by atoms with Crippen molar-refractivity contribution in [3.63, 3.8) is 0 Å². The maximum Gasteiger partial charge on any atom is 0.171 e. The molecule has 0 aliphatic heterocycles. The molecule has 3 nitrogen and oxygen atoms in total. The summed E-state index contributed by atoms with van der Waals surface area (Å²) in [7, 11) is 1.66. The largest absolute Gasteiger partial charge is 0.497 e. The minimum Gasteiger partial charge on any atom is -0.497 e. The number of aryl methyl sites for hydroxylation is 1. The van der Waals surface area contributed by atoms with Gasteiger partial charge in [-0.2, -0.15) is 0 Å². The molecule has 0 aromatic heterocycles. The second kappa shape index (κ2) is 7.97. The fourth-order valence-corrected chi connectivity index (χ4v) is 2.79. The Bertz CT molecular complexity index is 670. The zero-order valence-electron chi connectivity index (χ0n) is 14.1. The summed E-state index contributed by atoms with van der Waals surface area (Å²) in [5.74, 6) is 1.22. The van der Waals surface area contributed by atoms with Gasteiger partial charge in [-0.15, -0.1) is 0 Å². The summed E-state index contributed by atoms with van der Waals surface area (Å²) in [5, 5.41) is 7.28. The Balaban J connectivity index is 2.11. The molecule has 1 unspecified atom stereocenters. The second-order valence-electron chi connectivity index (χ2n) is 5.91. The highest BCUT2D eigenvalue weighted by atomic mass is 32.1. The lowest BCUT2D eigenvalue weighted by atomic mass is 9.93. The summed E-state index contributed by atoms with van der Waals surface area (Å²) in [6, 6.07) is 16.3. The summed E-state index contributed by atoms with van der Waals surface area (Å²) in [6.45, 7) is 6.52. The van der Waals surface area contributed by atoms with Crippen LogP contribution >= 0.6 is 12.2 Å². The highest BCUT2D eigenvalue weighted by Gasteiger charge is 2.18. The van der Waals surface area contributed by atoms with Gasteiger partial charge in [0.1, 0.15) is 5.75 Å². The molecule has 0 fully saturated rings. The second-order valence-corrected chi connectivity index (χ2v) is 6.32. The number of ether oxygens (including phenoxy) is 1. The van der Waals surface area contributed by atoms with Crippen molar-refractivity contribution in [2.45, 2.75) is 26.8 Å². The summed E-state index contributed by atoms with van der Waals surface area (Å²) >= 11 is 5.49. The number of hydrogen-bond donors (Lipinski definition) is 2. The molecular formula is C19H24N2OS. The smallest absolute Gasteiger partial charge is 0.171 e. The molecule has 0 bridgehead atoms. The van der Waals surface area contributed by atoms with Crippen LogP contribution in [0.1, 0.15) is 31.0 Å². The molecular weight excluding hydrogens is 304 g/mol. The fourth-order valence-electron chi connectivity index (χ4n) is 2.55. The van der Waals surface area contributed by atoms with Crippen molar-refractivity contribution < 1.29 is 4.74 Å². The lowest BCUT2D eigenvalue weighted by Gasteiger charge is -2.26. The molecule has 2 aromatic rings. The number of hydrogen-bond acceptors (Lipinski definition) is 2. The maximum absolute atomic E-state index is 5.49. The average molecular weight is 328 g/mol. The van der Waals surface area contributed by atoms with E-state index < -0.39 is 0 Å². The molecule has 23 heavy (non-hydrogen) atoms. The Morgan fingerprint density at radius 2 is 1.83 bits per heavy atom. The van der Waals surface area contributed by atoms with E-state index in [0.29, 0.717) is 11.0 Å². The van der Waals surface area contributed by atoms with Crippen molar-refractivity contribution in [1.82, 2.24) is 5.32 Å². The normalized spacial score (nSPS) is 11.9. The highest BCUT2D eigenvalue weighted by molar-refractivity contribution is 7.80. The molecule has 2 rings (SSSR count). The van der Waals surface area contributed by atoms with Crippen LogP contribution in [0.3, 0.4) is 0 Å². The standard InChI is InChI=1S/C19H24N2OS/c1-13(2)18(17-11-6-5-8-14(17)3)21-19(23)20-15-9-7-10-16(12-15)22-4/h5-13,18H,1-4H3,(H2,20,21,23). The third-order valence-corrected chi connectivity index (χ3v) is 4.02. The van der Waals surface area contributed by atoms with Crippen molar-refractivity contribution >= 4 is 23.0 Å². The monoisotopic (exact) mass is 328 g/mol. The van der Waals surface area contributed by atoms with Gasteiger partial charge < -0.3 is 15.4 Å². The van der Waals surface area contributed by atoms with E-state index in [9.17, 15) is 0 Å². The number of methoxy groups -OCH3 is 1. The summed E-state index contributed by atoms with van der Waals surface area (Å²) in [4.78, 5) is 0. The highest BCUT2D eigenvalue weighted by Crippen LogP contribution is 2.25. The Hall–Kier alpha value is -2.07. The van der Waals surface area contributed by atoms with E-state index >= 15 is 0 Å². The van der Waals surface area contributed by atoms with E-state index in [0.717, 1.165) is 11.4 Å². The van der Waals surface area contributed by atoms with E-state index in [-0.39, 0.29) is 6.04 Å². The molecule has 0 amide bonds. The van der Waals surface area contributed by atoms with Gasteiger partial charge in [0.2, 0.25) is 0 Å². The van der Waals surface area contributed by atoms with Crippen LogP contribution in [0, 0.1) is 12.8 Å². The molecule has 2 aromatic carbocycles. The molecule has 0 saturated carbocycles. The van der Waals surface area contributed by atoms with Crippen LogP contribution in [0.4, 0.5) is 5.69 Å². The van der Waals surface area contributed by atoms with Gasteiger partial charge in [0.05, 0.1) is 13.2 Å². The zero-order chi connectivity index (χ0) is 16.8. The Morgan fingerprint density at radius 1 is 1.09 bits per heavy atom. The molecule has 2 N–H and O–H groups in total. The Labute approximate surface area is 144 Å². The lowest BCUT2D eigenvalue weighted by molar-refractivity contribution is 0.415. The predicted molar refractivity (Wildman–Crippen MR) is 101 cm³/mol. The van der Waals surface area contributed by atoms with E-state index in [1.165, 1.54) is 11.1 Å². The van der Waals surface area contributed by atoms with Crippen LogP contribution in [0.5, 0.6) is 5.75 Å². The quantitative estimate of drug-likeness (QED) is 0.780. The number of nitrogens with one attached hydrogen (secondary N) is 2. The van der Waals surface area contributed by atoms with Gasteiger partial charge in [-0.25, -0.2) is 0 Å². The van der Waals surface area contributed by atoms with Crippen molar-refractivity contribution in [2.24, 2.45) is 5.92 Å². The SMILES string of the molecule is COc1cccc(NC(=S)NC(c2ccccc2C)C(C)C)c1. The van der Waals surface area contributed by atoms with Gasteiger partial charge in [-0.1, -0.05) is 44.2 Å². The molecule has 0 heterocycles. The minimum absolute atomic E-state index is 0.168. The zero-order valence-corrected chi connectivity index (χ0v) is 14.9. The van der Waals surface area contributed by atoms with Crippen LogP contribution < -0.4 is 15.4 Å². The summed E-state index contributed by atoms with van der Waals surface area (Å²) < 4.78 is 5.24. The molecule has 1 atom stereocenters. The minimum atomic E-state index is 0.168. The lowest BCUT2D eigenvalue weighted by Crippen LogP contribution is -2.35. The van der Waals surface area contributed by atoms with Crippen molar-refractivity contribution in [3.05, 3.63) is 59.7 Å². The van der Waals surface area contributed by atoms with Crippen molar-refractivity contribution in [2.75, 3.05) is 12.4 Å². The van der Waals surface area contributed by atoms with Crippen LogP contribution in [0.2, 0.25) is 0 Å². The van der Waals surface area contributed by atoms with Crippen LogP contribution in [0.25, 0.3) is 0 Å². The third kappa shape index (κ3) is 4.70. The predicted octanol–water partition coefficient (Wildman–Crippen LogP) is 4.69. The molecule has 0 saturated heterocycles. The van der Waals surface area contributed by atoms with Gasteiger partial charge >= 0.3 is 0 Å². The van der Waals surface area contributed by atoms with Crippen LogP contribution in [0.15, 0.2) is 48.5 Å². The summed E-state index contributed by atoms with van der Waals surface area (Å²) in [5.41, 5.74) is 3.45. The average Bonchev–Trinajstić information content (AvgIpc) is 2.53. The van der Waals surface area contributed by atoms with Gasteiger partial charge in [-0.05, 0) is 48.3 Å². The van der Waals surface area contributed by atoms with Crippen LogP contribution in [-0.2, 0) is 0 Å². The number of anilines is 1. The molecule has 0 aliphatic carbocycles. The van der Waals surface area contributed by atoms with Gasteiger partial charge in [0.25, 0.3) is 0 Å². The fraction of sp³-hybridized carbons (Fsp3) is 0.316. The first-order chi connectivity index (χ1) is 11.0. The van der Waals surface area contributed by atoms with E-state index in [1.807, 2.05) is 24.3 Å². The molecule has 4 heteroatoms. The molecule has 122 valence electrons. The van der Waals surface area contributed by atoms with Crippen molar-refractivity contribution in [1.29, 1.82) is 0 Å². The molecule has 0 radical (unpaired) electrons.